The molecule has 0 fully saturated rings. The molecule has 0 spiro atoms. The van der Waals surface area contributed by atoms with Gasteiger partial charge in [-0.15, -0.1) is 11.3 Å². The third-order valence-electron chi connectivity index (χ3n) is 2.14. The third kappa shape index (κ3) is 1.32. The Morgan fingerprint density at radius 3 is 3.07 bits per heavy atom. The van der Waals surface area contributed by atoms with E-state index in [1.807, 2.05) is 6.08 Å². The second-order valence-corrected chi connectivity index (χ2v) is 4.09. The van der Waals surface area contributed by atoms with Crippen LogP contribution < -0.4 is 9.75 Å². The molecule has 70 valence electrons. The van der Waals surface area contributed by atoms with Crippen LogP contribution in [0.2, 0.25) is 0 Å². The fraction of sp³-hybridized carbons (Fsp3) is 0.200. The highest BCUT2D eigenvalue weighted by Gasteiger charge is 2.11. The van der Waals surface area contributed by atoms with Crippen molar-refractivity contribution < 1.29 is 9.90 Å². The number of thiophene rings is 1. The molecule has 0 saturated heterocycles. The Bertz CT molecular complexity index is 548. The van der Waals surface area contributed by atoms with Gasteiger partial charge in [0.1, 0.15) is 4.88 Å². The van der Waals surface area contributed by atoms with Gasteiger partial charge in [0, 0.05) is 10.1 Å². The van der Waals surface area contributed by atoms with Gasteiger partial charge >= 0.3 is 5.97 Å². The topological polar surface area (TPSA) is 61.1 Å². The lowest BCUT2D eigenvalue weighted by Gasteiger charge is -1.97. The molecule has 0 atom stereocenters. The van der Waals surface area contributed by atoms with Gasteiger partial charge in [0.15, 0.2) is 0 Å². The summed E-state index contributed by atoms with van der Waals surface area (Å²) in [5.74, 6) is -0.921. The molecule has 0 saturated carbocycles. The van der Waals surface area contributed by atoms with Crippen molar-refractivity contribution in [3.63, 3.8) is 0 Å². The van der Waals surface area contributed by atoms with Crippen LogP contribution in [0.15, 0.2) is 6.07 Å². The van der Waals surface area contributed by atoms with Crippen molar-refractivity contribution in [2.45, 2.75) is 12.8 Å². The molecule has 1 N–H and O–H groups in total. The summed E-state index contributed by atoms with van der Waals surface area (Å²) in [5, 5.41) is 18.5. The Hall–Kier alpha value is -1.60. The van der Waals surface area contributed by atoms with E-state index in [1.165, 1.54) is 11.3 Å². The fourth-order valence-electron chi connectivity index (χ4n) is 1.49. The van der Waals surface area contributed by atoms with Gasteiger partial charge in [0.2, 0.25) is 0 Å². The molecule has 1 aromatic rings. The number of aromatic carboxylic acids is 1. The largest absolute Gasteiger partial charge is 0.477 e. The van der Waals surface area contributed by atoms with Crippen LogP contribution in [0.4, 0.5) is 0 Å². The third-order valence-corrected chi connectivity index (χ3v) is 3.34. The molecule has 1 aliphatic rings. The molecule has 2 rings (SSSR count). The molecule has 0 amide bonds. The van der Waals surface area contributed by atoms with E-state index in [1.54, 1.807) is 6.07 Å². The van der Waals surface area contributed by atoms with Crippen molar-refractivity contribution in [2.24, 2.45) is 0 Å². The minimum absolute atomic E-state index is 0.306. The van der Waals surface area contributed by atoms with E-state index in [4.69, 9.17) is 10.4 Å². The van der Waals surface area contributed by atoms with Gasteiger partial charge in [0.05, 0.1) is 6.07 Å². The van der Waals surface area contributed by atoms with E-state index in [9.17, 15) is 4.79 Å². The molecule has 1 aromatic heterocycles. The molecule has 0 aliphatic heterocycles. The summed E-state index contributed by atoms with van der Waals surface area (Å²) < 4.78 is 0.830. The van der Waals surface area contributed by atoms with Gasteiger partial charge in [-0.1, -0.05) is 6.08 Å². The highest BCUT2D eigenvalue weighted by Crippen LogP contribution is 2.10. The maximum absolute atomic E-state index is 10.7. The van der Waals surface area contributed by atoms with Crippen LogP contribution >= 0.6 is 11.3 Å². The van der Waals surface area contributed by atoms with Crippen molar-refractivity contribution in [1.82, 2.24) is 0 Å². The second-order valence-electron chi connectivity index (χ2n) is 3.03. The Kier molecular flexibility index (Phi) is 2.10. The maximum Gasteiger partial charge on any atom is 0.345 e. The smallest absolute Gasteiger partial charge is 0.345 e. The molecular weight excluding hydrogens is 198 g/mol. The molecule has 3 nitrogen and oxygen atoms in total. The van der Waals surface area contributed by atoms with E-state index in [0.29, 0.717) is 10.5 Å². The van der Waals surface area contributed by atoms with Gasteiger partial charge in [-0.2, -0.15) is 5.26 Å². The predicted octanol–water partition coefficient (Wildman–Crippen LogP) is 0.695. The van der Waals surface area contributed by atoms with Gasteiger partial charge in [-0.3, -0.25) is 0 Å². The number of carboxylic acid groups (broad SMARTS) is 1. The van der Waals surface area contributed by atoms with Crippen LogP contribution in [0, 0.1) is 11.3 Å². The zero-order chi connectivity index (χ0) is 10.1. The lowest BCUT2D eigenvalue weighted by Crippen LogP contribution is -2.23. The molecule has 1 heterocycles. The first-order valence-corrected chi connectivity index (χ1v) is 5.00. The summed E-state index contributed by atoms with van der Waals surface area (Å²) in [6, 6.07) is 3.76. The summed E-state index contributed by atoms with van der Waals surface area (Å²) in [6.07, 6.45) is 3.54. The summed E-state index contributed by atoms with van der Waals surface area (Å²) >= 11 is 1.19. The van der Waals surface area contributed by atoms with Crippen molar-refractivity contribution in [1.29, 1.82) is 5.26 Å². The first-order chi connectivity index (χ1) is 6.72. The Morgan fingerprint density at radius 1 is 1.64 bits per heavy atom. The monoisotopic (exact) mass is 205 g/mol. The van der Waals surface area contributed by atoms with E-state index in [2.05, 4.69) is 6.07 Å². The van der Waals surface area contributed by atoms with Gasteiger partial charge in [-0.25, -0.2) is 4.79 Å². The number of nitriles is 1. The molecule has 1 aliphatic carbocycles. The lowest BCUT2D eigenvalue weighted by molar-refractivity contribution is 0.0702. The van der Waals surface area contributed by atoms with Crippen molar-refractivity contribution in [3.05, 3.63) is 20.7 Å². The van der Waals surface area contributed by atoms with Crippen LogP contribution in [0.5, 0.6) is 0 Å². The number of fused-ring (bicyclic) bond motifs is 1. The Labute approximate surface area is 84.2 Å². The second kappa shape index (κ2) is 3.28. The number of hydrogen-bond acceptors (Lipinski definition) is 3. The lowest BCUT2D eigenvalue weighted by atomic mass is 10.1. The van der Waals surface area contributed by atoms with E-state index in [0.717, 1.165) is 22.6 Å². The molecule has 0 unspecified atom stereocenters. The van der Waals surface area contributed by atoms with Gasteiger partial charge in [0.25, 0.3) is 0 Å². The van der Waals surface area contributed by atoms with Crippen LogP contribution in [0.3, 0.4) is 0 Å². The summed E-state index contributed by atoms with van der Waals surface area (Å²) in [6.45, 7) is 0. The Morgan fingerprint density at radius 2 is 2.43 bits per heavy atom. The van der Waals surface area contributed by atoms with Gasteiger partial charge < -0.3 is 5.11 Å². The fourth-order valence-corrected chi connectivity index (χ4v) is 2.51. The van der Waals surface area contributed by atoms with Crippen LogP contribution in [-0.4, -0.2) is 11.1 Å². The van der Waals surface area contributed by atoms with E-state index >= 15 is 0 Å². The molecule has 0 radical (unpaired) electrons. The first-order valence-electron chi connectivity index (χ1n) is 4.19. The average molecular weight is 205 g/mol. The average Bonchev–Trinajstić information content (AvgIpc) is 2.60. The van der Waals surface area contributed by atoms with E-state index in [-0.39, 0.29) is 0 Å². The van der Waals surface area contributed by atoms with Gasteiger partial charge in [-0.05, 0) is 24.1 Å². The van der Waals surface area contributed by atoms with Crippen molar-refractivity contribution >= 4 is 29.0 Å². The minimum atomic E-state index is -0.921. The number of carbonyl (C=O) groups is 1. The van der Waals surface area contributed by atoms with Crippen LogP contribution in [-0.2, 0) is 0 Å². The Balaban J connectivity index is 2.79. The first kappa shape index (κ1) is 8.97. The molecular formula is C10H7NO2S. The van der Waals surface area contributed by atoms with Crippen LogP contribution in [0.1, 0.15) is 22.5 Å². The number of nitrogens with zero attached hydrogens (tertiary/aromatic N) is 1. The van der Waals surface area contributed by atoms with E-state index < -0.39 is 5.97 Å². The quantitative estimate of drug-likeness (QED) is 0.734. The zero-order valence-corrected chi connectivity index (χ0v) is 8.10. The van der Waals surface area contributed by atoms with Crippen molar-refractivity contribution in [2.75, 3.05) is 0 Å². The highest BCUT2D eigenvalue weighted by molar-refractivity contribution is 7.12. The van der Waals surface area contributed by atoms with Crippen LogP contribution in [0.25, 0.3) is 11.6 Å². The number of carboxylic acids is 1. The summed E-state index contributed by atoms with van der Waals surface area (Å²) in [5.41, 5.74) is 0.708. The maximum atomic E-state index is 10.7. The van der Waals surface area contributed by atoms with Crippen molar-refractivity contribution in [3.8, 4) is 6.07 Å². The minimum Gasteiger partial charge on any atom is -0.477 e. The normalized spacial score (nSPS) is 14.1. The SMILES string of the molecule is N#CC1=c2sc(C(=O)O)cc2=CCC1. The summed E-state index contributed by atoms with van der Waals surface area (Å²) in [7, 11) is 0. The summed E-state index contributed by atoms with van der Waals surface area (Å²) in [4.78, 5) is 11.0. The number of rotatable bonds is 1. The zero-order valence-electron chi connectivity index (χ0n) is 7.28. The standard InChI is InChI=1S/C10H7NO2S/c11-5-7-3-1-2-6-4-8(10(12)13)14-9(6)7/h2,4H,1,3H2,(H,12,13). The molecule has 4 heteroatoms. The predicted molar refractivity (Wildman–Crippen MR) is 53.2 cm³/mol. The highest BCUT2D eigenvalue weighted by atomic mass is 32.1. The molecule has 14 heavy (non-hydrogen) atoms. The molecule has 0 aromatic carbocycles. The number of hydrogen-bond donors (Lipinski definition) is 1. The molecule has 0 bridgehead atoms.